The zero-order valence-corrected chi connectivity index (χ0v) is 16.6. The van der Waals surface area contributed by atoms with E-state index in [0.717, 1.165) is 0 Å². The SMILES string of the molecule is C[C@@H]1C(=O)O[C@H]2C[C@@]34[C@H]5C[C@@H](C(C)(C)C)[C@]36[C@@H](OC(=O)[C@H]6O)O[C@]4(C(=O)O5)[C@@]21O. The molecule has 29 heavy (non-hydrogen) atoms. The highest BCUT2D eigenvalue weighted by molar-refractivity contribution is 5.93. The van der Waals surface area contributed by atoms with Crippen LogP contribution in [0.5, 0.6) is 0 Å². The van der Waals surface area contributed by atoms with Crippen LogP contribution in [0.15, 0.2) is 0 Å². The van der Waals surface area contributed by atoms with E-state index in [9.17, 15) is 24.6 Å². The van der Waals surface area contributed by atoms with Gasteiger partial charge in [0, 0.05) is 6.42 Å². The fourth-order valence-electron chi connectivity index (χ4n) is 8.06. The number of rotatable bonds is 0. The third-order valence-electron chi connectivity index (χ3n) is 8.97. The van der Waals surface area contributed by atoms with Crippen molar-refractivity contribution in [3.63, 3.8) is 0 Å². The van der Waals surface area contributed by atoms with Crippen LogP contribution in [0.4, 0.5) is 0 Å². The Bertz CT molecular complexity index is 893. The summed E-state index contributed by atoms with van der Waals surface area (Å²) in [5.41, 5.74) is -6.81. The standard InChI is InChI=1S/C20H24O9/c1-7-12(22)26-10-6-17-9-5-8(16(2,3)4)18(17)11(21)13(23)28-15(18)29-20(17,14(24)27-9)19(7,10)25/h7-11,15,21,25H,5-6H2,1-4H3/t7-,8+,9-,10+,11-,15+,17-,18+,19+,20+/m1/s1. The van der Waals surface area contributed by atoms with Crippen LogP contribution in [0, 0.1) is 28.1 Å². The summed E-state index contributed by atoms with van der Waals surface area (Å²) in [7, 11) is 0. The van der Waals surface area contributed by atoms with Crippen molar-refractivity contribution in [1.29, 1.82) is 0 Å². The summed E-state index contributed by atoms with van der Waals surface area (Å²) < 4.78 is 22.9. The minimum atomic E-state index is -1.97. The van der Waals surface area contributed by atoms with Gasteiger partial charge < -0.3 is 29.2 Å². The minimum absolute atomic E-state index is 0.0623. The summed E-state index contributed by atoms with van der Waals surface area (Å²) in [5.74, 6) is -3.52. The Kier molecular flexibility index (Phi) is 2.79. The van der Waals surface area contributed by atoms with Gasteiger partial charge >= 0.3 is 17.9 Å². The molecule has 2 N–H and O–H groups in total. The highest BCUT2D eigenvalue weighted by atomic mass is 16.8. The maximum atomic E-state index is 13.3. The lowest BCUT2D eigenvalue weighted by molar-refractivity contribution is -0.238. The van der Waals surface area contributed by atoms with Gasteiger partial charge in [-0.3, -0.25) is 4.79 Å². The Morgan fingerprint density at radius 2 is 1.72 bits per heavy atom. The zero-order chi connectivity index (χ0) is 20.9. The Hall–Kier alpha value is -1.71. The van der Waals surface area contributed by atoms with Gasteiger partial charge in [-0.15, -0.1) is 0 Å². The van der Waals surface area contributed by atoms with Crippen molar-refractivity contribution < 1.29 is 43.5 Å². The molecule has 0 amide bonds. The van der Waals surface area contributed by atoms with Crippen LogP contribution >= 0.6 is 0 Å². The topological polar surface area (TPSA) is 129 Å². The van der Waals surface area contributed by atoms with Gasteiger partial charge in [-0.1, -0.05) is 20.8 Å². The number of fused-ring (bicyclic) bond motifs is 1. The van der Waals surface area contributed by atoms with Gasteiger partial charge in [0.2, 0.25) is 11.9 Å². The predicted molar refractivity (Wildman–Crippen MR) is 90.6 cm³/mol. The van der Waals surface area contributed by atoms with Crippen LogP contribution in [0.3, 0.4) is 0 Å². The molecule has 4 aliphatic heterocycles. The van der Waals surface area contributed by atoms with E-state index in [-0.39, 0.29) is 17.8 Å². The van der Waals surface area contributed by atoms with Crippen LogP contribution in [-0.2, 0) is 33.3 Å². The summed E-state index contributed by atoms with van der Waals surface area (Å²) in [4.78, 5) is 38.1. The maximum Gasteiger partial charge on any atom is 0.342 e. The molecule has 4 saturated heterocycles. The summed E-state index contributed by atoms with van der Waals surface area (Å²) >= 11 is 0. The van der Waals surface area contributed by atoms with Crippen LogP contribution in [0.25, 0.3) is 0 Å². The second kappa shape index (κ2) is 4.48. The fraction of sp³-hybridized carbons (Fsp3) is 0.850. The van der Waals surface area contributed by atoms with Crippen molar-refractivity contribution in [2.45, 2.75) is 76.3 Å². The van der Waals surface area contributed by atoms with E-state index in [1.165, 1.54) is 6.92 Å². The maximum absolute atomic E-state index is 13.3. The molecule has 0 unspecified atom stereocenters. The van der Waals surface area contributed by atoms with Crippen LogP contribution in [0.2, 0.25) is 0 Å². The van der Waals surface area contributed by atoms with Crippen molar-refractivity contribution in [3.05, 3.63) is 0 Å². The summed E-state index contributed by atoms with van der Waals surface area (Å²) in [6.07, 6.45) is -3.96. The molecular formula is C20H24O9. The molecule has 2 spiro atoms. The first kappa shape index (κ1) is 18.1. The molecule has 6 aliphatic rings. The van der Waals surface area contributed by atoms with Crippen LogP contribution in [-0.4, -0.2) is 63.9 Å². The molecule has 0 aromatic carbocycles. The van der Waals surface area contributed by atoms with E-state index >= 15 is 0 Å². The average molecular weight is 408 g/mol. The molecule has 158 valence electrons. The first-order valence-electron chi connectivity index (χ1n) is 10.1. The first-order valence-corrected chi connectivity index (χ1v) is 10.1. The Morgan fingerprint density at radius 3 is 2.38 bits per heavy atom. The van der Waals surface area contributed by atoms with E-state index in [1.807, 2.05) is 20.8 Å². The van der Waals surface area contributed by atoms with Crippen molar-refractivity contribution >= 4 is 17.9 Å². The average Bonchev–Trinajstić information content (AvgIpc) is 3.31. The third-order valence-corrected chi connectivity index (χ3v) is 8.97. The zero-order valence-electron chi connectivity index (χ0n) is 16.6. The Labute approximate surface area is 166 Å². The molecule has 6 rings (SSSR count). The van der Waals surface area contributed by atoms with Gasteiger partial charge in [-0.25, -0.2) is 9.59 Å². The molecule has 0 aromatic heterocycles. The fourth-order valence-corrected chi connectivity index (χ4v) is 8.06. The van der Waals surface area contributed by atoms with Crippen molar-refractivity contribution in [3.8, 4) is 0 Å². The largest absolute Gasteiger partial charge is 0.459 e. The molecule has 9 heteroatoms. The molecule has 0 aromatic rings. The molecular weight excluding hydrogens is 384 g/mol. The second-order valence-electron chi connectivity index (χ2n) is 10.6. The van der Waals surface area contributed by atoms with Crippen molar-refractivity contribution in [1.82, 2.24) is 0 Å². The highest BCUT2D eigenvalue weighted by Crippen LogP contribution is 2.84. The van der Waals surface area contributed by atoms with Gasteiger partial charge in [-0.05, 0) is 24.7 Å². The quantitative estimate of drug-likeness (QED) is 0.408. The number of hydrogen-bond donors (Lipinski definition) is 2. The number of carbonyl (C=O) groups excluding carboxylic acids is 3. The number of esters is 3. The predicted octanol–water partition coefficient (Wildman–Crippen LogP) is -0.340. The summed E-state index contributed by atoms with van der Waals surface area (Å²) in [6.45, 7) is 7.47. The number of ether oxygens (including phenoxy) is 4. The van der Waals surface area contributed by atoms with Gasteiger partial charge in [0.1, 0.15) is 12.2 Å². The summed E-state index contributed by atoms with van der Waals surface area (Å²) in [6, 6.07) is 0. The van der Waals surface area contributed by atoms with Gasteiger partial charge in [0.05, 0.1) is 16.7 Å². The molecule has 0 radical (unpaired) electrons. The lowest BCUT2D eigenvalue weighted by Gasteiger charge is -2.46. The lowest BCUT2D eigenvalue weighted by atomic mass is 9.51. The van der Waals surface area contributed by atoms with E-state index in [2.05, 4.69) is 0 Å². The normalized spacial score (nSPS) is 59.2. The molecule has 6 fully saturated rings. The molecule has 2 saturated carbocycles. The molecule has 10 atom stereocenters. The molecule has 9 nitrogen and oxygen atoms in total. The van der Waals surface area contributed by atoms with Gasteiger partial charge in [0.25, 0.3) is 0 Å². The van der Waals surface area contributed by atoms with Crippen LogP contribution < -0.4 is 0 Å². The molecule has 0 bridgehead atoms. The molecule has 4 heterocycles. The smallest absolute Gasteiger partial charge is 0.342 e. The van der Waals surface area contributed by atoms with Gasteiger partial charge in [0.15, 0.2) is 11.7 Å². The van der Waals surface area contributed by atoms with E-state index in [1.54, 1.807) is 0 Å². The number of hydrogen-bond acceptors (Lipinski definition) is 9. The van der Waals surface area contributed by atoms with Crippen LogP contribution in [0.1, 0.15) is 40.5 Å². The minimum Gasteiger partial charge on any atom is -0.459 e. The van der Waals surface area contributed by atoms with Crippen molar-refractivity contribution in [2.75, 3.05) is 0 Å². The number of carbonyl (C=O) groups is 3. The third kappa shape index (κ3) is 1.35. The number of aliphatic hydroxyl groups excluding tert-OH is 1. The monoisotopic (exact) mass is 408 g/mol. The van der Waals surface area contributed by atoms with Gasteiger partial charge in [-0.2, -0.15) is 0 Å². The first-order chi connectivity index (χ1) is 13.4. The van der Waals surface area contributed by atoms with Crippen molar-refractivity contribution in [2.24, 2.45) is 28.1 Å². The molecule has 2 aliphatic carbocycles. The van der Waals surface area contributed by atoms with E-state index in [4.69, 9.17) is 18.9 Å². The highest BCUT2D eigenvalue weighted by Gasteiger charge is 3.01. The lowest BCUT2D eigenvalue weighted by Crippen LogP contribution is -2.66. The Morgan fingerprint density at radius 1 is 1.03 bits per heavy atom. The Balaban J connectivity index is 1.68. The number of aliphatic hydroxyl groups is 2. The van der Waals surface area contributed by atoms with E-state index in [0.29, 0.717) is 6.42 Å². The summed E-state index contributed by atoms with van der Waals surface area (Å²) in [5, 5.41) is 23.0. The van der Waals surface area contributed by atoms with E-state index < -0.39 is 70.5 Å². The second-order valence-corrected chi connectivity index (χ2v) is 10.6.